The molecule has 4 rings (SSSR count). The Morgan fingerprint density at radius 2 is 2.08 bits per heavy atom. The van der Waals surface area contributed by atoms with Crippen molar-refractivity contribution in [1.82, 2.24) is 15.0 Å². The maximum atomic E-state index is 11.8. The molecule has 0 aliphatic rings. The number of esters is 1. The number of halogens is 1. The van der Waals surface area contributed by atoms with Gasteiger partial charge in [-0.2, -0.15) is 0 Å². The summed E-state index contributed by atoms with van der Waals surface area (Å²) in [5, 5.41) is 4.38. The lowest BCUT2D eigenvalue weighted by molar-refractivity contribution is 0.0566. The number of hydrogen-bond acceptors (Lipinski definition) is 7. The van der Waals surface area contributed by atoms with E-state index in [1.807, 2.05) is 19.1 Å². The fourth-order valence-corrected chi connectivity index (χ4v) is 2.88. The number of hydrogen-bond donors (Lipinski definition) is 1. The van der Waals surface area contributed by atoms with E-state index in [9.17, 15) is 4.79 Å². The van der Waals surface area contributed by atoms with E-state index in [-0.39, 0.29) is 5.76 Å². The van der Waals surface area contributed by atoms with Gasteiger partial charge >= 0.3 is 5.97 Å². The van der Waals surface area contributed by atoms with E-state index in [1.54, 1.807) is 18.2 Å². The molecule has 0 aliphatic heterocycles. The molecule has 1 N–H and O–H groups in total. The van der Waals surface area contributed by atoms with Crippen LogP contribution in [-0.4, -0.2) is 28.0 Å². The van der Waals surface area contributed by atoms with Gasteiger partial charge in [-0.15, -0.1) is 0 Å². The van der Waals surface area contributed by atoms with Crippen LogP contribution in [-0.2, 0) is 4.74 Å². The van der Waals surface area contributed by atoms with Crippen LogP contribution in [0.15, 0.2) is 41.1 Å². The SMILES string of the molecule is COC(=O)c1oc2ccc(Nc3ncnc4ccc(Cl)nc34)cc2c1C. The molecule has 1 aromatic carbocycles. The Morgan fingerprint density at radius 3 is 2.88 bits per heavy atom. The highest BCUT2D eigenvalue weighted by atomic mass is 35.5. The van der Waals surface area contributed by atoms with Crippen LogP contribution in [0.1, 0.15) is 16.1 Å². The summed E-state index contributed by atoms with van der Waals surface area (Å²) in [7, 11) is 1.32. The molecule has 7 nitrogen and oxygen atoms in total. The zero-order chi connectivity index (χ0) is 18.3. The number of rotatable bonds is 3. The van der Waals surface area contributed by atoms with Gasteiger partial charge in [0, 0.05) is 16.6 Å². The number of aromatic nitrogens is 3. The number of anilines is 2. The Labute approximate surface area is 153 Å². The summed E-state index contributed by atoms with van der Waals surface area (Å²) >= 11 is 5.99. The van der Waals surface area contributed by atoms with Crippen LogP contribution in [0.3, 0.4) is 0 Å². The number of pyridine rings is 1. The molecule has 0 radical (unpaired) electrons. The average molecular weight is 369 g/mol. The standard InChI is InChI=1S/C18H13ClN4O3/c1-9-11-7-10(3-5-13(11)26-16(9)18(24)25-2)22-17-15-12(20-8-21-17)4-6-14(19)23-15/h3-8H,1-2H3,(H,20,21,22). The molecule has 0 spiro atoms. The van der Waals surface area contributed by atoms with Crippen LogP contribution in [0.2, 0.25) is 5.15 Å². The smallest absolute Gasteiger partial charge is 0.374 e. The van der Waals surface area contributed by atoms with E-state index in [1.165, 1.54) is 13.4 Å². The quantitative estimate of drug-likeness (QED) is 0.426. The van der Waals surface area contributed by atoms with Crippen molar-refractivity contribution in [1.29, 1.82) is 0 Å². The van der Waals surface area contributed by atoms with Gasteiger partial charge in [0.25, 0.3) is 0 Å². The lowest BCUT2D eigenvalue weighted by Gasteiger charge is -2.08. The first-order valence-electron chi connectivity index (χ1n) is 7.72. The molecule has 0 bridgehead atoms. The van der Waals surface area contributed by atoms with E-state index in [0.717, 1.165) is 11.1 Å². The van der Waals surface area contributed by atoms with E-state index < -0.39 is 5.97 Å². The third-order valence-corrected chi connectivity index (χ3v) is 4.23. The van der Waals surface area contributed by atoms with E-state index in [4.69, 9.17) is 20.8 Å². The molecular formula is C18H13ClN4O3. The summed E-state index contributed by atoms with van der Waals surface area (Å²) < 4.78 is 10.3. The number of furan rings is 1. The van der Waals surface area contributed by atoms with Crippen LogP contribution >= 0.6 is 11.6 Å². The lowest BCUT2D eigenvalue weighted by Crippen LogP contribution is -2.00. The third-order valence-electron chi connectivity index (χ3n) is 4.02. The van der Waals surface area contributed by atoms with E-state index >= 15 is 0 Å². The van der Waals surface area contributed by atoms with Crippen LogP contribution in [0.4, 0.5) is 11.5 Å². The molecule has 3 aromatic heterocycles. The molecule has 0 saturated heterocycles. The highest BCUT2D eigenvalue weighted by molar-refractivity contribution is 6.29. The maximum Gasteiger partial charge on any atom is 0.374 e. The van der Waals surface area contributed by atoms with Gasteiger partial charge in [0.15, 0.2) is 5.82 Å². The number of aryl methyl sites for hydroxylation is 1. The number of fused-ring (bicyclic) bond motifs is 2. The van der Waals surface area contributed by atoms with Crippen LogP contribution < -0.4 is 5.32 Å². The zero-order valence-electron chi connectivity index (χ0n) is 13.9. The minimum absolute atomic E-state index is 0.195. The molecule has 3 heterocycles. The monoisotopic (exact) mass is 368 g/mol. The van der Waals surface area contributed by atoms with Crippen molar-refractivity contribution in [2.75, 3.05) is 12.4 Å². The summed E-state index contributed by atoms with van der Waals surface area (Å²) in [6, 6.07) is 8.93. The van der Waals surface area contributed by atoms with Gasteiger partial charge in [-0.1, -0.05) is 11.6 Å². The van der Waals surface area contributed by atoms with E-state index in [2.05, 4.69) is 20.3 Å². The van der Waals surface area contributed by atoms with Gasteiger partial charge in [-0.3, -0.25) is 0 Å². The Bertz CT molecular complexity index is 1160. The van der Waals surface area contributed by atoms with Gasteiger partial charge < -0.3 is 14.5 Å². The van der Waals surface area contributed by atoms with Crippen LogP contribution in [0.5, 0.6) is 0 Å². The Kier molecular flexibility index (Phi) is 3.93. The van der Waals surface area contributed by atoms with Gasteiger partial charge in [0.05, 0.1) is 12.6 Å². The molecular weight excluding hydrogens is 356 g/mol. The summed E-state index contributed by atoms with van der Waals surface area (Å²) in [4.78, 5) is 24.5. The topological polar surface area (TPSA) is 90.1 Å². The Hall–Kier alpha value is -3.19. The minimum Gasteiger partial charge on any atom is -0.463 e. The molecule has 26 heavy (non-hydrogen) atoms. The van der Waals surface area contributed by atoms with Crippen LogP contribution in [0, 0.1) is 6.92 Å². The second kappa shape index (κ2) is 6.27. The predicted molar refractivity (Wildman–Crippen MR) is 97.9 cm³/mol. The summed E-state index contributed by atoms with van der Waals surface area (Å²) in [5.74, 6) is 0.223. The fraction of sp³-hybridized carbons (Fsp3) is 0.111. The van der Waals surface area contributed by atoms with Crippen molar-refractivity contribution < 1.29 is 13.9 Å². The molecule has 0 amide bonds. The molecule has 0 atom stereocenters. The molecule has 130 valence electrons. The van der Waals surface area contributed by atoms with Crippen LogP contribution in [0.25, 0.3) is 22.0 Å². The molecule has 0 unspecified atom stereocenters. The lowest BCUT2D eigenvalue weighted by atomic mass is 10.1. The number of methoxy groups -OCH3 is 1. The van der Waals surface area contributed by atoms with Gasteiger partial charge in [0.1, 0.15) is 22.6 Å². The summed E-state index contributed by atoms with van der Waals surface area (Å²) in [6.45, 7) is 1.81. The molecule has 0 fully saturated rings. The number of carbonyl (C=O) groups is 1. The number of nitrogens with zero attached hydrogens (tertiary/aromatic N) is 3. The number of nitrogens with one attached hydrogen (secondary N) is 1. The van der Waals surface area contributed by atoms with Gasteiger partial charge in [-0.25, -0.2) is 19.7 Å². The molecule has 0 aliphatic carbocycles. The van der Waals surface area contributed by atoms with Crippen molar-refractivity contribution in [2.45, 2.75) is 6.92 Å². The number of ether oxygens (including phenoxy) is 1. The molecule has 0 saturated carbocycles. The first-order chi connectivity index (χ1) is 12.6. The van der Waals surface area contributed by atoms with Gasteiger partial charge in [-0.05, 0) is 37.3 Å². The van der Waals surface area contributed by atoms with Crippen molar-refractivity contribution in [3.8, 4) is 0 Å². The minimum atomic E-state index is -0.506. The van der Waals surface area contributed by atoms with Crippen molar-refractivity contribution >= 4 is 51.1 Å². The van der Waals surface area contributed by atoms with Gasteiger partial charge in [0.2, 0.25) is 5.76 Å². The molecule has 4 aromatic rings. The first kappa shape index (κ1) is 16.3. The summed E-state index contributed by atoms with van der Waals surface area (Å²) in [6.07, 6.45) is 1.46. The molecule has 8 heteroatoms. The normalized spacial score (nSPS) is 11.0. The van der Waals surface area contributed by atoms with E-state index in [0.29, 0.717) is 33.2 Å². The predicted octanol–water partition coefficient (Wildman–Crippen LogP) is 4.26. The van der Waals surface area contributed by atoms with Crippen molar-refractivity contribution in [2.24, 2.45) is 0 Å². The maximum absolute atomic E-state index is 11.8. The third kappa shape index (κ3) is 2.72. The second-order valence-corrected chi connectivity index (χ2v) is 5.99. The first-order valence-corrected chi connectivity index (χ1v) is 8.10. The van der Waals surface area contributed by atoms with Crippen molar-refractivity contribution in [3.05, 3.63) is 53.1 Å². The second-order valence-electron chi connectivity index (χ2n) is 5.61. The number of carbonyl (C=O) groups excluding carboxylic acids is 1. The summed E-state index contributed by atoms with van der Waals surface area (Å²) in [5.41, 5.74) is 3.32. The largest absolute Gasteiger partial charge is 0.463 e. The Balaban J connectivity index is 1.77. The number of benzene rings is 1. The van der Waals surface area contributed by atoms with Crippen molar-refractivity contribution in [3.63, 3.8) is 0 Å². The Morgan fingerprint density at radius 1 is 1.23 bits per heavy atom. The average Bonchev–Trinajstić information content (AvgIpc) is 2.98. The highest BCUT2D eigenvalue weighted by Crippen LogP contribution is 2.30. The fourth-order valence-electron chi connectivity index (χ4n) is 2.73. The zero-order valence-corrected chi connectivity index (χ0v) is 14.7. The highest BCUT2D eigenvalue weighted by Gasteiger charge is 2.18.